The van der Waals surface area contributed by atoms with E-state index in [1.165, 1.54) is 7.11 Å². The van der Waals surface area contributed by atoms with Crippen molar-refractivity contribution in [3.05, 3.63) is 82.4 Å². The van der Waals surface area contributed by atoms with Gasteiger partial charge in [-0.1, -0.05) is 42.5 Å². The molecule has 1 amide bonds. The number of hydrogen-bond acceptors (Lipinski definition) is 7. The zero-order valence-electron chi connectivity index (χ0n) is 22.0. The second-order valence-electron chi connectivity index (χ2n) is 9.96. The maximum Gasteiger partial charge on any atom is 0.407 e. The summed E-state index contributed by atoms with van der Waals surface area (Å²) < 4.78 is 22.3. The SMILES string of the molecule is COC(=O)Cc1ccc(C=O)cc1OCc1ccc2c(c1)-c1cccc(CNC(=O)OC(C)(C)C)c1OC2. The first kappa shape index (κ1) is 26.7. The molecular formula is C30H31NO7. The second-order valence-corrected chi connectivity index (χ2v) is 9.96. The summed E-state index contributed by atoms with van der Waals surface area (Å²) in [5, 5.41) is 2.79. The van der Waals surface area contributed by atoms with Crippen LogP contribution in [0.3, 0.4) is 0 Å². The quantitative estimate of drug-likeness (QED) is 0.316. The Hall–Kier alpha value is -4.33. The average Bonchev–Trinajstić information content (AvgIpc) is 2.89. The van der Waals surface area contributed by atoms with Gasteiger partial charge in [0.25, 0.3) is 0 Å². The number of carbonyl (C=O) groups excluding carboxylic acids is 3. The lowest BCUT2D eigenvalue weighted by Crippen LogP contribution is -2.32. The summed E-state index contributed by atoms with van der Waals surface area (Å²) in [6.45, 7) is 6.36. The van der Waals surface area contributed by atoms with E-state index >= 15 is 0 Å². The highest BCUT2D eigenvalue weighted by molar-refractivity contribution is 5.79. The van der Waals surface area contributed by atoms with E-state index in [2.05, 4.69) is 5.32 Å². The van der Waals surface area contributed by atoms with E-state index < -0.39 is 17.7 Å². The summed E-state index contributed by atoms with van der Waals surface area (Å²) in [5.74, 6) is 0.779. The van der Waals surface area contributed by atoms with Crippen LogP contribution in [0.4, 0.5) is 4.79 Å². The maximum atomic E-state index is 12.1. The Morgan fingerprint density at radius 1 is 1.03 bits per heavy atom. The van der Waals surface area contributed by atoms with Crippen LogP contribution >= 0.6 is 0 Å². The molecule has 0 saturated carbocycles. The minimum atomic E-state index is -0.581. The van der Waals surface area contributed by atoms with Gasteiger partial charge in [-0.2, -0.15) is 0 Å². The predicted octanol–water partition coefficient (Wildman–Crippen LogP) is 5.38. The van der Waals surface area contributed by atoms with Gasteiger partial charge in [0.05, 0.1) is 13.5 Å². The average molecular weight is 518 g/mol. The number of fused-ring (bicyclic) bond motifs is 3. The number of aldehydes is 1. The van der Waals surface area contributed by atoms with Crippen LogP contribution in [0.2, 0.25) is 0 Å². The fraction of sp³-hybridized carbons (Fsp3) is 0.300. The molecule has 198 valence electrons. The summed E-state index contributed by atoms with van der Waals surface area (Å²) in [5.41, 5.74) is 5.25. The van der Waals surface area contributed by atoms with Crippen LogP contribution in [0.25, 0.3) is 11.1 Å². The third kappa shape index (κ3) is 6.51. The molecule has 1 aliphatic rings. The van der Waals surface area contributed by atoms with Crippen LogP contribution in [0.1, 0.15) is 53.4 Å². The predicted molar refractivity (Wildman–Crippen MR) is 141 cm³/mol. The monoisotopic (exact) mass is 517 g/mol. The van der Waals surface area contributed by atoms with Crippen molar-refractivity contribution in [2.24, 2.45) is 0 Å². The first-order valence-corrected chi connectivity index (χ1v) is 12.3. The van der Waals surface area contributed by atoms with Gasteiger partial charge in [0.2, 0.25) is 0 Å². The van der Waals surface area contributed by atoms with Gasteiger partial charge in [-0.15, -0.1) is 0 Å². The molecule has 0 radical (unpaired) electrons. The summed E-state index contributed by atoms with van der Waals surface area (Å²) in [6.07, 6.45) is 0.288. The summed E-state index contributed by atoms with van der Waals surface area (Å²) in [7, 11) is 1.33. The van der Waals surface area contributed by atoms with E-state index in [1.807, 2.05) is 57.2 Å². The second kappa shape index (κ2) is 11.4. The molecule has 8 nitrogen and oxygen atoms in total. The van der Waals surface area contributed by atoms with Gasteiger partial charge in [-0.05, 0) is 49.6 Å². The van der Waals surface area contributed by atoms with Gasteiger partial charge < -0.3 is 24.3 Å². The van der Waals surface area contributed by atoms with E-state index in [-0.39, 0.29) is 19.6 Å². The molecule has 38 heavy (non-hydrogen) atoms. The number of alkyl carbamates (subject to hydrolysis) is 1. The Labute approximate surface area is 221 Å². The van der Waals surface area contributed by atoms with Crippen molar-refractivity contribution in [3.63, 3.8) is 0 Å². The Balaban J connectivity index is 1.54. The number of amides is 1. The van der Waals surface area contributed by atoms with Gasteiger partial charge in [-0.3, -0.25) is 9.59 Å². The fourth-order valence-corrected chi connectivity index (χ4v) is 4.14. The number of carbonyl (C=O) groups is 3. The molecule has 0 saturated heterocycles. The largest absolute Gasteiger partial charge is 0.489 e. The van der Waals surface area contributed by atoms with Gasteiger partial charge in [0.15, 0.2) is 0 Å². The molecule has 0 aromatic heterocycles. The number of ether oxygens (including phenoxy) is 4. The topological polar surface area (TPSA) is 100 Å². The third-order valence-corrected chi connectivity index (χ3v) is 5.94. The normalized spacial score (nSPS) is 11.9. The summed E-state index contributed by atoms with van der Waals surface area (Å²) in [6, 6.07) is 16.8. The van der Waals surface area contributed by atoms with Crippen molar-refractivity contribution < 1.29 is 33.3 Å². The number of rotatable bonds is 8. The molecule has 3 aromatic rings. The molecule has 1 N–H and O–H groups in total. The van der Waals surface area contributed by atoms with E-state index in [9.17, 15) is 14.4 Å². The van der Waals surface area contributed by atoms with Crippen molar-refractivity contribution >= 4 is 18.3 Å². The van der Waals surface area contributed by atoms with Gasteiger partial charge in [-0.25, -0.2) is 4.79 Å². The number of methoxy groups -OCH3 is 1. The maximum absolute atomic E-state index is 12.1. The number of para-hydroxylation sites is 1. The molecule has 0 atom stereocenters. The summed E-state index contributed by atoms with van der Waals surface area (Å²) >= 11 is 0. The zero-order chi connectivity index (χ0) is 27.3. The Kier molecular flexibility index (Phi) is 8.00. The highest BCUT2D eigenvalue weighted by Crippen LogP contribution is 2.40. The Bertz CT molecular complexity index is 1360. The molecule has 0 aliphatic carbocycles. The molecule has 0 fully saturated rings. The van der Waals surface area contributed by atoms with Gasteiger partial charge in [0, 0.05) is 28.8 Å². The Morgan fingerprint density at radius 2 is 1.84 bits per heavy atom. The highest BCUT2D eigenvalue weighted by atomic mass is 16.6. The van der Waals surface area contributed by atoms with Crippen LogP contribution in [-0.4, -0.2) is 31.1 Å². The molecule has 0 bridgehead atoms. The molecular weight excluding hydrogens is 486 g/mol. The lowest BCUT2D eigenvalue weighted by atomic mass is 9.93. The Morgan fingerprint density at radius 3 is 2.58 bits per heavy atom. The minimum absolute atomic E-state index is 0.0416. The third-order valence-electron chi connectivity index (χ3n) is 5.94. The molecule has 0 unspecified atom stereocenters. The van der Waals surface area contributed by atoms with E-state index in [0.717, 1.165) is 34.1 Å². The highest BCUT2D eigenvalue weighted by Gasteiger charge is 2.22. The van der Waals surface area contributed by atoms with Gasteiger partial charge in [0.1, 0.15) is 36.6 Å². The van der Waals surface area contributed by atoms with Crippen molar-refractivity contribution in [3.8, 4) is 22.6 Å². The van der Waals surface area contributed by atoms with E-state index in [0.29, 0.717) is 29.2 Å². The number of esters is 1. The molecule has 8 heteroatoms. The zero-order valence-corrected chi connectivity index (χ0v) is 22.0. The number of benzene rings is 3. The van der Waals surface area contributed by atoms with Crippen molar-refractivity contribution in [2.75, 3.05) is 7.11 Å². The van der Waals surface area contributed by atoms with Crippen LogP contribution in [-0.2, 0) is 40.4 Å². The lowest BCUT2D eigenvalue weighted by molar-refractivity contribution is -0.139. The van der Waals surface area contributed by atoms with Crippen molar-refractivity contribution in [1.29, 1.82) is 0 Å². The van der Waals surface area contributed by atoms with Crippen molar-refractivity contribution in [2.45, 2.75) is 52.6 Å². The first-order chi connectivity index (χ1) is 18.2. The number of nitrogens with one attached hydrogen (secondary N) is 1. The fourth-order valence-electron chi connectivity index (χ4n) is 4.14. The molecule has 4 rings (SSSR count). The van der Waals surface area contributed by atoms with E-state index in [1.54, 1.807) is 18.2 Å². The standard InChI is InChI=1S/C30H31NO7/c1-30(2,3)38-29(34)31-15-22-6-5-7-24-25-12-20(9-11-23(25)18-37-28(22)24)17-36-26-13-19(16-32)8-10-21(26)14-27(33)35-4/h5-13,16H,14-15,17-18H2,1-4H3,(H,31,34). The van der Waals surface area contributed by atoms with Gasteiger partial charge >= 0.3 is 12.1 Å². The lowest BCUT2D eigenvalue weighted by Gasteiger charge is -2.24. The molecule has 1 heterocycles. The smallest absolute Gasteiger partial charge is 0.407 e. The van der Waals surface area contributed by atoms with Crippen LogP contribution in [0.5, 0.6) is 11.5 Å². The van der Waals surface area contributed by atoms with Crippen LogP contribution < -0.4 is 14.8 Å². The van der Waals surface area contributed by atoms with Crippen LogP contribution in [0, 0.1) is 0 Å². The van der Waals surface area contributed by atoms with Crippen molar-refractivity contribution in [1.82, 2.24) is 5.32 Å². The van der Waals surface area contributed by atoms with Crippen LogP contribution in [0.15, 0.2) is 54.6 Å². The van der Waals surface area contributed by atoms with E-state index in [4.69, 9.17) is 18.9 Å². The molecule has 1 aliphatic heterocycles. The molecule has 0 spiro atoms. The molecule has 3 aromatic carbocycles. The summed E-state index contributed by atoms with van der Waals surface area (Å²) in [4.78, 5) is 35.2. The number of hydrogen-bond donors (Lipinski definition) is 1. The first-order valence-electron chi connectivity index (χ1n) is 12.3. The minimum Gasteiger partial charge on any atom is -0.489 e.